The lowest BCUT2D eigenvalue weighted by Crippen LogP contribution is -2.49. The number of hydrogen-bond donors (Lipinski definition) is 2. The maximum atomic E-state index is 10.6. The van der Waals surface area contributed by atoms with Crippen LogP contribution in [0.15, 0.2) is 30.3 Å². The van der Waals surface area contributed by atoms with Gasteiger partial charge < -0.3 is 10.4 Å². The molecule has 0 bridgehead atoms. The van der Waals surface area contributed by atoms with Crippen LogP contribution < -0.4 is 5.32 Å². The van der Waals surface area contributed by atoms with Crippen LogP contribution in [0, 0.1) is 5.92 Å². The fraction of sp³-hybridized carbons (Fsp3) is 0.647. The first kappa shape index (κ1) is 14.1. The fourth-order valence-corrected chi connectivity index (χ4v) is 2.98. The van der Waals surface area contributed by atoms with Crippen LogP contribution in [0.4, 0.5) is 0 Å². The van der Waals surface area contributed by atoms with Gasteiger partial charge in [-0.15, -0.1) is 0 Å². The predicted octanol–water partition coefficient (Wildman–Crippen LogP) is 2.01. The van der Waals surface area contributed by atoms with Crippen LogP contribution in [-0.4, -0.2) is 41.8 Å². The molecule has 0 radical (unpaired) electrons. The van der Waals surface area contributed by atoms with Gasteiger partial charge in [0, 0.05) is 26.2 Å². The van der Waals surface area contributed by atoms with Crippen molar-refractivity contribution in [3.8, 4) is 0 Å². The zero-order valence-corrected chi connectivity index (χ0v) is 12.2. The van der Waals surface area contributed by atoms with Gasteiger partial charge in [-0.25, -0.2) is 0 Å². The Morgan fingerprint density at radius 2 is 1.85 bits per heavy atom. The summed E-state index contributed by atoms with van der Waals surface area (Å²) in [7, 11) is 0. The van der Waals surface area contributed by atoms with E-state index in [1.165, 1.54) is 18.4 Å². The summed E-state index contributed by atoms with van der Waals surface area (Å²) < 4.78 is 0. The maximum Gasteiger partial charge on any atom is 0.0795 e. The van der Waals surface area contributed by atoms with Gasteiger partial charge in [-0.2, -0.15) is 0 Å². The van der Waals surface area contributed by atoms with Gasteiger partial charge in [-0.3, -0.25) is 4.90 Å². The Morgan fingerprint density at radius 1 is 1.15 bits per heavy atom. The predicted molar refractivity (Wildman–Crippen MR) is 81.5 cm³/mol. The molecule has 1 aliphatic heterocycles. The van der Waals surface area contributed by atoms with E-state index in [2.05, 4.69) is 40.5 Å². The molecule has 1 heterocycles. The first-order chi connectivity index (χ1) is 9.73. The topological polar surface area (TPSA) is 35.5 Å². The van der Waals surface area contributed by atoms with Crippen molar-refractivity contribution in [1.29, 1.82) is 0 Å². The number of benzene rings is 1. The van der Waals surface area contributed by atoms with E-state index in [0.717, 1.165) is 51.5 Å². The molecule has 0 spiro atoms. The summed E-state index contributed by atoms with van der Waals surface area (Å²) in [6.45, 7) is 4.86. The average Bonchev–Trinajstić information content (AvgIpc) is 3.27. The second-order valence-electron chi connectivity index (χ2n) is 6.56. The highest BCUT2D eigenvalue weighted by molar-refractivity contribution is 5.14. The lowest BCUT2D eigenvalue weighted by atomic mass is 9.91. The Labute approximate surface area is 122 Å². The van der Waals surface area contributed by atoms with Gasteiger partial charge in [0.25, 0.3) is 0 Å². The first-order valence-corrected chi connectivity index (χ1v) is 7.93. The van der Waals surface area contributed by atoms with E-state index in [9.17, 15) is 5.11 Å². The van der Waals surface area contributed by atoms with Crippen LogP contribution in [0.1, 0.15) is 31.2 Å². The Kier molecular flexibility index (Phi) is 4.39. The number of nitrogens with zero attached hydrogens (tertiary/aromatic N) is 1. The minimum atomic E-state index is -0.484. The molecule has 20 heavy (non-hydrogen) atoms. The van der Waals surface area contributed by atoms with Crippen molar-refractivity contribution < 1.29 is 5.11 Å². The summed E-state index contributed by atoms with van der Waals surface area (Å²) in [4.78, 5) is 2.45. The van der Waals surface area contributed by atoms with E-state index in [1.54, 1.807) is 0 Å². The van der Waals surface area contributed by atoms with Crippen LogP contribution in [0.3, 0.4) is 0 Å². The molecular weight excluding hydrogens is 248 g/mol. The zero-order valence-electron chi connectivity index (χ0n) is 12.2. The molecule has 2 N–H and O–H groups in total. The molecule has 3 heteroatoms. The third-order valence-electron chi connectivity index (χ3n) is 4.62. The molecule has 1 aliphatic carbocycles. The number of rotatable bonds is 6. The Balaban J connectivity index is 1.41. The molecule has 0 unspecified atom stereocenters. The van der Waals surface area contributed by atoms with Crippen molar-refractivity contribution in [2.24, 2.45) is 5.92 Å². The molecular formula is C17H26N2O. The second kappa shape index (κ2) is 6.25. The number of likely N-dealkylation sites (tertiary alicyclic amines) is 1. The Hall–Kier alpha value is -0.900. The molecule has 3 nitrogen and oxygen atoms in total. The van der Waals surface area contributed by atoms with Gasteiger partial charge in [0.15, 0.2) is 0 Å². The molecule has 2 fully saturated rings. The molecule has 3 rings (SSSR count). The van der Waals surface area contributed by atoms with Gasteiger partial charge in [0.1, 0.15) is 0 Å². The summed E-state index contributed by atoms with van der Waals surface area (Å²) in [5.74, 6) is 0.886. The zero-order chi connectivity index (χ0) is 13.8. The Bertz CT molecular complexity index is 408. The van der Waals surface area contributed by atoms with E-state index < -0.39 is 5.60 Å². The van der Waals surface area contributed by atoms with Crippen LogP contribution >= 0.6 is 0 Å². The summed E-state index contributed by atoms with van der Waals surface area (Å²) in [5, 5.41) is 14.1. The fourth-order valence-electron chi connectivity index (χ4n) is 2.98. The van der Waals surface area contributed by atoms with Gasteiger partial charge in [0.05, 0.1) is 5.60 Å². The van der Waals surface area contributed by atoms with E-state index in [-0.39, 0.29) is 0 Å². The van der Waals surface area contributed by atoms with E-state index in [4.69, 9.17) is 0 Å². The number of hydrogen-bond acceptors (Lipinski definition) is 3. The smallest absolute Gasteiger partial charge is 0.0795 e. The largest absolute Gasteiger partial charge is 0.388 e. The molecule has 0 aromatic heterocycles. The number of nitrogens with one attached hydrogen (secondary N) is 1. The van der Waals surface area contributed by atoms with Gasteiger partial charge in [-0.1, -0.05) is 30.3 Å². The molecule has 1 aromatic rings. The summed E-state index contributed by atoms with van der Waals surface area (Å²) in [6.07, 6.45) is 4.52. The molecule has 110 valence electrons. The lowest BCUT2D eigenvalue weighted by Gasteiger charge is -2.38. The number of aliphatic hydroxyl groups is 1. The molecule has 2 aliphatic rings. The molecule has 1 saturated heterocycles. The highest BCUT2D eigenvalue weighted by Crippen LogP contribution is 2.28. The van der Waals surface area contributed by atoms with Gasteiger partial charge >= 0.3 is 0 Å². The highest BCUT2D eigenvalue weighted by atomic mass is 16.3. The minimum absolute atomic E-state index is 0.484. The summed E-state index contributed by atoms with van der Waals surface area (Å²) in [6, 6.07) is 10.6. The third kappa shape index (κ3) is 4.05. The lowest BCUT2D eigenvalue weighted by molar-refractivity contribution is -0.0217. The molecule has 0 atom stereocenters. The quantitative estimate of drug-likeness (QED) is 0.833. The standard InChI is InChI=1S/C17H26N2O/c20-17(14-18-12-15-6-7-15)8-10-19(11-9-17)13-16-4-2-1-3-5-16/h1-5,15,18,20H,6-14H2. The number of piperidine rings is 1. The minimum Gasteiger partial charge on any atom is -0.388 e. The third-order valence-corrected chi connectivity index (χ3v) is 4.62. The monoisotopic (exact) mass is 274 g/mol. The first-order valence-electron chi connectivity index (χ1n) is 7.93. The van der Waals surface area contributed by atoms with E-state index in [0.29, 0.717) is 0 Å². The Morgan fingerprint density at radius 3 is 2.50 bits per heavy atom. The maximum absolute atomic E-state index is 10.6. The molecule has 0 amide bonds. The summed E-state index contributed by atoms with van der Waals surface area (Å²) in [5.41, 5.74) is 0.882. The van der Waals surface area contributed by atoms with Crippen molar-refractivity contribution >= 4 is 0 Å². The molecule has 1 aromatic carbocycles. The highest BCUT2D eigenvalue weighted by Gasteiger charge is 2.32. The average molecular weight is 274 g/mol. The van der Waals surface area contributed by atoms with E-state index >= 15 is 0 Å². The van der Waals surface area contributed by atoms with E-state index in [1.807, 2.05) is 0 Å². The van der Waals surface area contributed by atoms with Crippen LogP contribution in [-0.2, 0) is 6.54 Å². The summed E-state index contributed by atoms with van der Waals surface area (Å²) >= 11 is 0. The van der Waals surface area contributed by atoms with Gasteiger partial charge in [0.2, 0.25) is 0 Å². The van der Waals surface area contributed by atoms with Crippen LogP contribution in [0.25, 0.3) is 0 Å². The van der Waals surface area contributed by atoms with Crippen LogP contribution in [0.5, 0.6) is 0 Å². The second-order valence-corrected chi connectivity index (χ2v) is 6.56. The SMILES string of the molecule is OC1(CNCC2CC2)CCN(Cc2ccccc2)CC1. The van der Waals surface area contributed by atoms with Gasteiger partial charge in [-0.05, 0) is 43.7 Å². The van der Waals surface area contributed by atoms with Crippen LogP contribution in [0.2, 0.25) is 0 Å². The van der Waals surface area contributed by atoms with Crippen molar-refractivity contribution in [2.45, 2.75) is 37.8 Å². The molecule has 1 saturated carbocycles. The normalized spacial score (nSPS) is 22.9. The van der Waals surface area contributed by atoms with Crippen molar-refractivity contribution in [2.75, 3.05) is 26.2 Å². The van der Waals surface area contributed by atoms with Crippen molar-refractivity contribution in [3.63, 3.8) is 0 Å². The van der Waals surface area contributed by atoms with Crippen molar-refractivity contribution in [1.82, 2.24) is 10.2 Å². The van der Waals surface area contributed by atoms with Crippen molar-refractivity contribution in [3.05, 3.63) is 35.9 Å².